The first-order valence-electron chi connectivity index (χ1n) is 5.79. The minimum absolute atomic E-state index is 0.0947. The van der Waals surface area contributed by atoms with Crippen LogP contribution in [0.1, 0.15) is 19.8 Å². The fourth-order valence-electron chi connectivity index (χ4n) is 1.48. The van der Waals surface area contributed by atoms with Crippen molar-refractivity contribution >= 4 is 11.6 Å². The zero-order valence-electron chi connectivity index (χ0n) is 10.3. The number of nitrogens with two attached hydrogens (primary N) is 1. The van der Waals surface area contributed by atoms with Gasteiger partial charge in [0.15, 0.2) is 0 Å². The number of hydrogen-bond acceptors (Lipinski definition) is 3. The Hall–Kier alpha value is -2.06. The van der Waals surface area contributed by atoms with Crippen molar-refractivity contribution in [1.29, 1.82) is 0 Å². The highest BCUT2D eigenvalue weighted by Gasteiger charge is 2.12. The van der Waals surface area contributed by atoms with Gasteiger partial charge in [-0.05, 0) is 12.5 Å². The first-order chi connectivity index (χ1) is 8.58. The molecule has 3 N–H and O–H groups in total. The van der Waals surface area contributed by atoms with E-state index < -0.39 is 6.04 Å². The zero-order chi connectivity index (χ0) is 13.5. The molecule has 0 spiro atoms. The van der Waals surface area contributed by atoms with E-state index in [0.717, 1.165) is 6.42 Å². The molecule has 0 aliphatic heterocycles. The lowest BCUT2D eigenvalue weighted by Crippen LogP contribution is -2.35. The van der Waals surface area contributed by atoms with Crippen molar-refractivity contribution in [2.75, 3.05) is 5.32 Å². The molecule has 1 amide bonds. The number of terminal acetylenes is 1. The number of carbonyl (C=O) groups excluding carboxylic acids is 1. The van der Waals surface area contributed by atoms with E-state index in [1.54, 1.807) is 16.8 Å². The number of rotatable bonds is 5. The fraction of sp³-hybridized carbons (Fsp3) is 0.385. The van der Waals surface area contributed by atoms with Gasteiger partial charge in [0.05, 0.1) is 11.7 Å². The topological polar surface area (TPSA) is 77.1 Å². The Bertz CT molecular complexity index is 514. The molecule has 0 bridgehead atoms. The third-order valence-electron chi connectivity index (χ3n) is 2.39. The van der Waals surface area contributed by atoms with Gasteiger partial charge in [-0.1, -0.05) is 6.92 Å². The lowest BCUT2D eigenvalue weighted by atomic mass is 10.2. The van der Waals surface area contributed by atoms with E-state index in [-0.39, 0.29) is 17.9 Å². The monoisotopic (exact) mass is 247 g/mol. The number of anilines is 1. The van der Waals surface area contributed by atoms with Gasteiger partial charge in [0.2, 0.25) is 5.91 Å². The van der Waals surface area contributed by atoms with Gasteiger partial charge in [-0.2, -0.15) is 0 Å². The molecular formula is C13H17N3O2. The minimum Gasteiger partial charge on any atom is -0.323 e. The zero-order valence-corrected chi connectivity index (χ0v) is 10.3. The summed E-state index contributed by atoms with van der Waals surface area (Å²) >= 11 is 0. The van der Waals surface area contributed by atoms with E-state index in [1.807, 2.05) is 6.92 Å². The molecule has 0 aliphatic rings. The summed E-state index contributed by atoms with van der Waals surface area (Å²) in [4.78, 5) is 23.1. The van der Waals surface area contributed by atoms with E-state index in [1.165, 1.54) is 6.07 Å². The van der Waals surface area contributed by atoms with Crippen molar-refractivity contribution in [1.82, 2.24) is 4.57 Å². The Kier molecular flexibility index (Phi) is 5.15. The van der Waals surface area contributed by atoms with E-state index in [0.29, 0.717) is 12.2 Å². The van der Waals surface area contributed by atoms with Crippen molar-refractivity contribution in [3.8, 4) is 12.3 Å². The van der Waals surface area contributed by atoms with Gasteiger partial charge < -0.3 is 15.6 Å². The third-order valence-corrected chi connectivity index (χ3v) is 2.39. The van der Waals surface area contributed by atoms with Crippen LogP contribution >= 0.6 is 0 Å². The number of amides is 1. The molecule has 1 aromatic heterocycles. The molecule has 18 heavy (non-hydrogen) atoms. The number of nitrogens with one attached hydrogen (secondary N) is 1. The highest BCUT2D eigenvalue weighted by atomic mass is 16.2. The van der Waals surface area contributed by atoms with Crippen LogP contribution in [0.25, 0.3) is 0 Å². The van der Waals surface area contributed by atoms with Gasteiger partial charge in [-0.3, -0.25) is 9.59 Å². The van der Waals surface area contributed by atoms with Crippen molar-refractivity contribution in [2.45, 2.75) is 32.4 Å². The second-order valence-electron chi connectivity index (χ2n) is 3.95. The molecule has 1 atom stereocenters. The van der Waals surface area contributed by atoms with Gasteiger partial charge >= 0.3 is 0 Å². The van der Waals surface area contributed by atoms with Crippen LogP contribution in [0, 0.1) is 12.3 Å². The standard InChI is InChI=1S/C13H17N3O2/c1-3-5-11(14)13(18)15-10-6-7-12(17)16(9-10)8-4-2/h1,6-7,9,11H,4-5,8,14H2,2H3,(H,15,18). The predicted molar refractivity (Wildman–Crippen MR) is 71.0 cm³/mol. The molecule has 0 saturated heterocycles. The Morgan fingerprint density at radius 2 is 2.33 bits per heavy atom. The van der Waals surface area contributed by atoms with E-state index in [2.05, 4.69) is 11.2 Å². The summed E-state index contributed by atoms with van der Waals surface area (Å²) in [5.41, 5.74) is 6.03. The van der Waals surface area contributed by atoms with Crippen LogP contribution in [0.3, 0.4) is 0 Å². The molecule has 1 heterocycles. The lowest BCUT2D eigenvalue weighted by molar-refractivity contribution is -0.117. The summed E-state index contributed by atoms with van der Waals surface area (Å²) in [6.45, 7) is 2.58. The van der Waals surface area contributed by atoms with Gasteiger partial charge in [0.1, 0.15) is 0 Å². The number of aryl methyl sites for hydroxylation is 1. The van der Waals surface area contributed by atoms with Gasteiger partial charge in [-0.25, -0.2) is 0 Å². The SMILES string of the molecule is C#CCC(N)C(=O)Nc1ccc(=O)n(CCC)c1. The number of aromatic nitrogens is 1. The highest BCUT2D eigenvalue weighted by molar-refractivity contribution is 5.94. The van der Waals surface area contributed by atoms with E-state index in [9.17, 15) is 9.59 Å². The predicted octanol–water partition coefficient (Wildman–Crippen LogP) is 0.547. The Balaban J connectivity index is 2.79. The molecule has 0 fully saturated rings. The van der Waals surface area contributed by atoms with Crippen molar-refractivity contribution < 1.29 is 4.79 Å². The maximum atomic E-state index is 11.6. The summed E-state index contributed by atoms with van der Waals surface area (Å²) in [6, 6.07) is 2.23. The highest BCUT2D eigenvalue weighted by Crippen LogP contribution is 2.05. The molecule has 0 aliphatic carbocycles. The molecule has 5 nitrogen and oxygen atoms in total. The van der Waals surface area contributed by atoms with Gasteiger partial charge in [0.25, 0.3) is 5.56 Å². The number of nitrogens with zero attached hydrogens (tertiary/aromatic N) is 1. The van der Waals surface area contributed by atoms with E-state index >= 15 is 0 Å². The molecular weight excluding hydrogens is 230 g/mol. The number of pyridine rings is 1. The lowest BCUT2D eigenvalue weighted by Gasteiger charge is -2.11. The Morgan fingerprint density at radius 3 is 2.94 bits per heavy atom. The molecule has 96 valence electrons. The van der Waals surface area contributed by atoms with Crippen molar-refractivity contribution in [3.05, 3.63) is 28.7 Å². The molecule has 0 saturated carbocycles. The van der Waals surface area contributed by atoms with Gasteiger partial charge in [-0.15, -0.1) is 12.3 Å². The average Bonchev–Trinajstić information content (AvgIpc) is 2.34. The quantitative estimate of drug-likeness (QED) is 0.746. The second-order valence-corrected chi connectivity index (χ2v) is 3.95. The van der Waals surface area contributed by atoms with Crippen LogP contribution in [-0.4, -0.2) is 16.5 Å². The first kappa shape index (κ1) is 14.0. The first-order valence-corrected chi connectivity index (χ1v) is 5.79. The summed E-state index contributed by atoms with van der Waals surface area (Å²) < 4.78 is 1.54. The Morgan fingerprint density at radius 1 is 1.61 bits per heavy atom. The summed E-state index contributed by atoms with van der Waals surface area (Å²) in [5, 5.41) is 2.63. The molecule has 1 unspecified atom stereocenters. The molecule has 5 heteroatoms. The summed E-state index contributed by atoms with van der Waals surface area (Å²) in [5.74, 6) is 1.98. The van der Waals surface area contributed by atoms with Gasteiger partial charge in [0, 0.05) is 25.2 Å². The Labute approximate surface area is 106 Å². The van der Waals surface area contributed by atoms with Crippen LogP contribution < -0.4 is 16.6 Å². The fourth-order valence-corrected chi connectivity index (χ4v) is 1.48. The largest absolute Gasteiger partial charge is 0.323 e. The smallest absolute Gasteiger partial charge is 0.250 e. The maximum Gasteiger partial charge on any atom is 0.250 e. The second kappa shape index (κ2) is 6.62. The molecule has 1 aromatic rings. The summed E-state index contributed by atoms with van der Waals surface area (Å²) in [7, 11) is 0. The van der Waals surface area contributed by atoms with Crippen LogP contribution in [0.15, 0.2) is 23.1 Å². The molecule has 0 aromatic carbocycles. The maximum absolute atomic E-state index is 11.6. The summed E-state index contributed by atoms with van der Waals surface area (Å²) in [6.07, 6.45) is 7.71. The van der Waals surface area contributed by atoms with Crippen molar-refractivity contribution in [2.24, 2.45) is 5.73 Å². The van der Waals surface area contributed by atoms with Crippen LogP contribution in [0.5, 0.6) is 0 Å². The van der Waals surface area contributed by atoms with Crippen LogP contribution in [0.4, 0.5) is 5.69 Å². The third kappa shape index (κ3) is 3.75. The van der Waals surface area contributed by atoms with E-state index in [4.69, 9.17) is 12.2 Å². The van der Waals surface area contributed by atoms with Crippen molar-refractivity contribution in [3.63, 3.8) is 0 Å². The average molecular weight is 247 g/mol. The molecule has 1 rings (SSSR count). The minimum atomic E-state index is -0.735. The normalized spacial score (nSPS) is 11.6. The molecule has 0 radical (unpaired) electrons. The van der Waals surface area contributed by atoms with Crippen LogP contribution in [-0.2, 0) is 11.3 Å². The van der Waals surface area contributed by atoms with Crippen LogP contribution in [0.2, 0.25) is 0 Å². The number of hydrogen-bond donors (Lipinski definition) is 2. The number of carbonyl (C=O) groups is 1.